The summed E-state index contributed by atoms with van der Waals surface area (Å²) < 4.78 is 1.07. The van der Waals surface area contributed by atoms with E-state index in [0.29, 0.717) is 5.56 Å². The summed E-state index contributed by atoms with van der Waals surface area (Å²) in [5.74, 6) is -0.0228. The van der Waals surface area contributed by atoms with Crippen molar-refractivity contribution in [3.05, 3.63) is 63.2 Å². The molecule has 0 radical (unpaired) electrons. The number of carbonyl (C=O) groups excluding carboxylic acids is 2. The van der Waals surface area contributed by atoms with Crippen LogP contribution in [0.15, 0.2) is 48.5 Å². The normalized spacial score (nSPS) is 20.1. The molecule has 3 nitrogen and oxygen atoms in total. The fraction of sp³-hybridized carbons (Fsp3) is 0.222. The van der Waals surface area contributed by atoms with Gasteiger partial charge in [0.15, 0.2) is 5.78 Å². The molecule has 2 aromatic carbocycles. The van der Waals surface area contributed by atoms with Crippen molar-refractivity contribution in [2.45, 2.75) is 18.8 Å². The first-order valence-corrected chi connectivity index (χ1v) is 8.18. The maximum Gasteiger partial charge on any atom is 0.237 e. The number of ketones is 1. The zero-order valence-electron chi connectivity index (χ0n) is 12.5. The van der Waals surface area contributed by atoms with E-state index in [1.54, 1.807) is 24.1 Å². The Morgan fingerprint density at radius 1 is 1.18 bits per heavy atom. The van der Waals surface area contributed by atoms with E-state index in [9.17, 15) is 9.59 Å². The first-order valence-electron chi connectivity index (χ1n) is 7.10. The highest BCUT2D eigenvalue weighted by Gasteiger charge is 2.47. The second kappa shape index (κ2) is 5.50. The number of halogens is 1. The van der Waals surface area contributed by atoms with E-state index < -0.39 is 5.41 Å². The number of fused-ring (bicyclic) bond motifs is 1. The largest absolute Gasteiger partial charge is 0.314 e. The average Bonchev–Trinajstić information content (AvgIpc) is 2.70. The number of rotatable bonds is 3. The van der Waals surface area contributed by atoms with Crippen LogP contribution in [0.4, 0.5) is 5.69 Å². The Labute approximate surface area is 143 Å². The number of amides is 1. The molecule has 22 heavy (non-hydrogen) atoms. The predicted octanol–water partition coefficient (Wildman–Crippen LogP) is 3.80. The van der Waals surface area contributed by atoms with E-state index in [1.807, 2.05) is 43.3 Å². The second-order valence-electron chi connectivity index (χ2n) is 5.82. The van der Waals surface area contributed by atoms with Gasteiger partial charge in [-0.15, -0.1) is 0 Å². The minimum absolute atomic E-state index is 0.00318. The van der Waals surface area contributed by atoms with Crippen molar-refractivity contribution in [2.24, 2.45) is 0 Å². The summed E-state index contributed by atoms with van der Waals surface area (Å²) in [4.78, 5) is 27.0. The molecule has 0 saturated heterocycles. The molecule has 112 valence electrons. The van der Waals surface area contributed by atoms with Gasteiger partial charge in [-0.05, 0) is 53.3 Å². The van der Waals surface area contributed by atoms with Gasteiger partial charge in [-0.2, -0.15) is 0 Å². The van der Waals surface area contributed by atoms with Crippen LogP contribution in [0.5, 0.6) is 0 Å². The van der Waals surface area contributed by atoms with E-state index in [2.05, 4.69) is 22.6 Å². The predicted molar refractivity (Wildman–Crippen MR) is 95.3 cm³/mol. The van der Waals surface area contributed by atoms with Crippen molar-refractivity contribution in [1.82, 2.24) is 0 Å². The van der Waals surface area contributed by atoms with Gasteiger partial charge in [0.2, 0.25) is 5.91 Å². The third-order valence-electron chi connectivity index (χ3n) is 4.30. The van der Waals surface area contributed by atoms with Crippen LogP contribution >= 0.6 is 22.6 Å². The van der Waals surface area contributed by atoms with E-state index in [0.717, 1.165) is 14.8 Å². The topological polar surface area (TPSA) is 37.4 Å². The van der Waals surface area contributed by atoms with Gasteiger partial charge in [0.25, 0.3) is 0 Å². The lowest BCUT2D eigenvalue weighted by atomic mass is 9.78. The van der Waals surface area contributed by atoms with Crippen molar-refractivity contribution in [3.8, 4) is 0 Å². The molecule has 1 aliphatic rings. The highest BCUT2D eigenvalue weighted by atomic mass is 127. The Morgan fingerprint density at radius 3 is 2.55 bits per heavy atom. The van der Waals surface area contributed by atoms with Crippen LogP contribution in [0.2, 0.25) is 0 Å². The average molecular weight is 405 g/mol. The van der Waals surface area contributed by atoms with Gasteiger partial charge in [-0.3, -0.25) is 9.59 Å². The second-order valence-corrected chi connectivity index (χ2v) is 7.07. The number of hydrogen-bond donors (Lipinski definition) is 0. The lowest BCUT2D eigenvalue weighted by Crippen LogP contribution is -2.37. The van der Waals surface area contributed by atoms with Gasteiger partial charge >= 0.3 is 0 Å². The monoisotopic (exact) mass is 405 g/mol. The Balaban J connectivity index is 2.01. The molecule has 2 aromatic rings. The molecule has 3 rings (SSSR count). The first-order chi connectivity index (χ1) is 10.4. The standard InChI is InChI=1S/C18H16INO2/c1-18(11-16(21)12-6-4-3-5-7-12)14-10-13(19)8-9-15(14)20(2)17(18)22/h3-10H,11H2,1-2H3/t18-/m1/s1. The summed E-state index contributed by atoms with van der Waals surface area (Å²) in [6.07, 6.45) is 0.188. The zero-order valence-corrected chi connectivity index (χ0v) is 14.6. The Morgan fingerprint density at radius 2 is 1.86 bits per heavy atom. The van der Waals surface area contributed by atoms with E-state index in [4.69, 9.17) is 0 Å². The SMILES string of the molecule is CN1C(=O)[C@](C)(CC(=O)c2ccccc2)c2cc(I)ccc21. The highest BCUT2D eigenvalue weighted by molar-refractivity contribution is 14.1. The van der Waals surface area contributed by atoms with Crippen LogP contribution in [0, 0.1) is 3.57 Å². The molecule has 0 N–H and O–H groups in total. The van der Waals surface area contributed by atoms with Crippen LogP contribution in [-0.2, 0) is 10.2 Å². The van der Waals surface area contributed by atoms with Crippen molar-refractivity contribution in [1.29, 1.82) is 0 Å². The fourth-order valence-electron chi connectivity index (χ4n) is 3.06. The molecule has 1 atom stereocenters. The Hall–Kier alpha value is -1.69. The van der Waals surface area contributed by atoms with E-state index in [1.165, 1.54) is 0 Å². The van der Waals surface area contributed by atoms with Gasteiger partial charge in [-0.1, -0.05) is 30.3 Å². The van der Waals surface area contributed by atoms with Gasteiger partial charge < -0.3 is 4.90 Å². The number of benzene rings is 2. The third-order valence-corrected chi connectivity index (χ3v) is 4.97. The first kappa shape index (κ1) is 15.2. The summed E-state index contributed by atoms with van der Waals surface area (Å²) in [7, 11) is 1.77. The molecular formula is C18H16INO2. The number of likely N-dealkylation sites (N-methyl/N-ethyl adjacent to an activating group) is 1. The number of hydrogen-bond acceptors (Lipinski definition) is 2. The van der Waals surface area contributed by atoms with Crippen molar-refractivity contribution in [2.75, 3.05) is 11.9 Å². The van der Waals surface area contributed by atoms with Gasteiger partial charge in [-0.25, -0.2) is 0 Å². The lowest BCUT2D eigenvalue weighted by molar-refractivity contribution is -0.122. The summed E-state index contributed by atoms with van der Waals surface area (Å²) in [5.41, 5.74) is 1.70. The molecule has 0 saturated carbocycles. The molecule has 0 aliphatic carbocycles. The van der Waals surface area contributed by atoms with Crippen molar-refractivity contribution in [3.63, 3.8) is 0 Å². The van der Waals surface area contributed by atoms with Crippen LogP contribution in [0.25, 0.3) is 0 Å². The molecule has 0 fully saturated rings. The van der Waals surface area contributed by atoms with Gasteiger partial charge in [0, 0.05) is 28.3 Å². The number of Topliss-reactive ketones (excluding diaryl/α,β-unsaturated/α-hetero) is 1. The zero-order chi connectivity index (χ0) is 15.9. The summed E-state index contributed by atoms with van der Waals surface area (Å²) in [6.45, 7) is 1.87. The summed E-state index contributed by atoms with van der Waals surface area (Å²) in [5, 5.41) is 0. The molecule has 0 spiro atoms. The van der Waals surface area contributed by atoms with Gasteiger partial charge in [0.1, 0.15) is 0 Å². The van der Waals surface area contributed by atoms with Crippen LogP contribution in [-0.4, -0.2) is 18.7 Å². The van der Waals surface area contributed by atoms with Gasteiger partial charge in [0.05, 0.1) is 5.41 Å². The maximum atomic E-state index is 12.7. The van der Waals surface area contributed by atoms with Crippen LogP contribution < -0.4 is 4.90 Å². The van der Waals surface area contributed by atoms with Crippen molar-refractivity contribution < 1.29 is 9.59 Å². The maximum absolute atomic E-state index is 12.7. The van der Waals surface area contributed by atoms with E-state index in [-0.39, 0.29) is 18.1 Å². The molecule has 1 amide bonds. The highest BCUT2D eigenvalue weighted by Crippen LogP contribution is 2.44. The lowest BCUT2D eigenvalue weighted by Gasteiger charge is -2.22. The molecular weight excluding hydrogens is 389 g/mol. The Kier molecular flexibility index (Phi) is 3.80. The number of carbonyl (C=O) groups is 2. The van der Waals surface area contributed by atoms with E-state index >= 15 is 0 Å². The smallest absolute Gasteiger partial charge is 0.237 e. The quantitative estimate of drug-likeness (QED) is 0.576. The van der Waals surface area contributed by atoms with Crippen molar-refractivity contribution >= 4 is 40.0 Å². The number of anilines is 1. The number of nitrogens with zero attached hydrogens (tertiary/aromatic N) is 1. The molecule has 1 aliphatic heterocycles. The minimum atomic E-state index is -0.793. The molecule has 0 aromatic heterocycles. The minimum Gasteiger partial charge on any atom is -0.314 e. The van der Waals surface area contributed by atoms with Crippen LogP contribution in [0.3, 0.4) is 0 Å². The molecule has 4 heteroatoms. The molecule has 0 unspecified atom stereocenters. The van der Waals surface area contributed by atoms with Crippen LogP contribution in [0.1, 0.15) is 29.3 Å². The third kappa shape index (κ3) is 2.35. The molecule has 1 heterocycles. The summed E-state index contributed by atoms with van der Waals surface area (Å²) in [6, 6.07) is 15.1. The Bertz CT molecular complexity index is 757. The summed E-state index contributed by atoms with van der Waals surface area (Å²) >= 11 is 2.23. The fourth-order valence-corrected chi connectivity index (χ4v) is 3.55. The molecule has 0 bridgehead atoms.